The Hall–Kier alpha value is -4.49. The fraction of sp³-hybridized carbons (Fsp3) is 0.206. The first-order chi connectivity index (χ1) is 18.6. The summed E-state index contributed by atoms with van der Waals surface area (Å²) in [6, 6.07) is 25.2. The summed E-state index contributed by atoms with van der Waals surface area (Å²) in [6.07, 6.45) is 7.10. The lowest BCUT2D eigenvalue weighted by molar-refractivity contribution is -0.662. The smallest absolute Gasteiger partial charge is 0.287 e. The largest absolute Gasteiger partial charge is 0.456 e. The fourth-order valence-electron chi connectivity index (χ4n) is 6.34. The molecule has 4 nitrogen and oxygen atoms in total. The van der Waals surface area contributed by atoms with E-state index in [2.05, 4.69) is 53.7 Å². The summed E-state index contributed by atoms with van der Waals surface area (Å²) in [5.74, 6) is 0.646. The number of nitrogens with zero attached hydrogens (tertiary/aromatic N) is 3. The van der Waals surface area contributed by atoms with Gasteiger partial charge in [-0.25, -0.2) is 9.41 Å². The molecule has 0 saturated heterocycles. The first-order valence-electron chi connectivity index (χ1n) is 13.3. The van der Waals surface area contributed by atoms with Crippen LogP contribution in [-0.4, -0.2) is 4.98 Å². The van der Waals surface area contributed by atoms with Crippen LogP contribution in [0.2, 0.25) is 0 Å². The minimum Gasteiger partial charge on any atom is -0.456 e. The average Bonchev–Trinajstić information content (AvgIpc) is 3.62. The van der Waals surface area contributed by atoms with E-state index in [9.17, 15) is 0 Å². The summed E-state index contributed by atoms with van der Waals surface area (Å²) >= 11 is 0. The van der Waals surface area contributed by atoms with Crippen molar-refractivity contribution in [2.45, 2.75) is 38.5 Å². The summed E-state index contributed by atoms with van der Waals surface area (Å²) < 4.78 is 8.89. The minimum atomic E-state index is 0.598. The molecule has 6 aromatic rings. The Morgan fingerprint density at radius 3 is 2.34 bits per heavy atom. The van der Waals surface area contributed by atoms with Crippen LogP contribution in [-0.2, 0) is 7.05 Å². The van der Waals surface area contributed by atoms with Gasteiger partial charge in [-0.15, -0.1) is 0 Å². The van der Waals surface area contributed by atoms with Gasteiger partial charge in [-0.3, -0.25) is 0 Å². The second-order valence-corrected chi connectivity index (χ2v) is 10.5. The number of aromatic nitrogens is 2. The molecule has 4 heteroatoms. The van der Waals surface area contributed by atoms with Crippen LogP contribution in [0.5, 0.6) is 0 Å². The standard InChI is InChI=1S/C34H28N3O/c1-21-13-15-25-26-17-18-28(35-2)31(23-11-5-4-6-12-23)34(26)38-33(25)30(21)32-27-16-14-24(22-9-7-8-10-22)19-29(27)36-20-37(32)3/h4-6,11-20,22H,7-10H2,1,3H3/q+1. The van der Waals surface area contributed by atoms with Gasteiger partial charge in [-0.1, -0.05) is 73.5 Å². The third-order valence-electron chi connectivity index (χ3n) is 8.24. The van der Waals surface area contributed by atoms with Crippen LogP contribution in [0.15, 0.2) is 83.5 Å². The summed E-state index contributed by atoms with van der Waals surface area (Å²) in [5, 5.41) is 3.21. The first kappa shape index (κ1) is 22.7. The second kappa shape index (κ2) is 8.82. The molecule has 4 aromatic carbocycles. The van der Waals surface area contributed by atoms with Gasteiger partial charge in [0.05, 0.1) is 24.6 Å². The van der Waals surface area contributed by atoms with Crippen molar-refractivity contribution < 1.29 is 8.98 Å². The number of rotatable bonds is 3. The van der Waals surface area contributed by atoms with Crippen LogP contribution in [0, 0.1) is 13.5 Å². The zero-order valence-electron chi connectivity index (χ0n) is 21.7. The lowest BCUT2D eigenvalue weighted by Gasteiger charge is -2.12. The zero-order chi connectivity index (χ0) is 25.8. The van der Waals surface area contributed by atoms with Crippen molar-refractivity contribution >= 4 is 38.5 Å². The van der Waals surface area contributed by atoms with Crippen molar-refractivity contribution in [2.75, 3.05) is 0 Å². The van der Waals surface area contributed by atoms with Crippen LogP contribution in [0.3, 0.4) is 0 Å². The Kier molecular flexibility index (Phi) is 5.26. The quantitative estimate of drug-likeness (QED) is 0.182. The van der Waals surface area contributed by atoms with Gasteiger partial charge < -0.3 is 4.42 Å². The number of fused-ring (bicyclic) bond motifs is 4. The molecule has 0 spiro atoms. The van der Waals surface area contributed by atoms with E-state index in [0.717, 1.165) is 60.8 Å². The van der Waals surface area contributed by atoms with E-state index >= 15 is 0 Å². The van der Waals surface area contributed by atoms with Gasteiger partial charge in [0, 0.05) is 16.3 Å². The van der Waals surface area contributed by atoms with Crippen molar-refractivity contribution in [1.29, 1.82) is 0 Å². The summed E-state index contributed by atoms with van der Waals surface area (Å²) in [4.78, 5) is 8.67. The topological polar surface area (TPSA) is 34.3 Å². The Labute approximate surface area is 222 Å². The maximum atomic E-state index is 7.83. The van der Waals surface area contributed by atoms with Crippen molar-refractivity contribution in [3.63, 3.8) is 0 Å². The van der Waals surface area contributed by atoms with Gasteiger partial charge in [-0.05, 0) is 59.5 Å². The normalized spacial score (nSPS) is 14.0. The highest BCUT2D eigenvalue weighted by molar-refractivity contribution is 6.16. The molecule has 2 heterocycles. The summed E-state index contributed by atoms with van der Waals surface area (Å²) in [6.45, 7) is 9.97. The van der Waals surface area contributed by atoms with Gasteiger partial charge >= 0.3 is 0 Å². The van der Waals surface area contributed by atoms with E-state index in [0.29, 0.717) is 11.6 Å². The fourth-order valence-corrected chi connectivity index (χ4v) is 6.34. The number of aryl methyl sites for hydroxylation is 2. The highest BCUT2D eigenvalue weighted by Crippen LogP contribution is 2.45. The van der Waals surface area contributed by atoms with Crippen LogP contribution < -0.4 is 4.57 Å². The van der Waals surface area contributed by atoms with Crippen LogP contribution in [0.4, 0.5) is 5.69 Å². The molecule has 38 heavy (non-hydrogen) atoms. The molecule has 0 N–H and O–H groups in total. The molecule has 0 bridgehead atoms. The predicted molar refractivity (Wildman–Crippen MR) is 153 cm³/mol. The van der Waals surface area contributed by atoms with E-state index in [1.165, 1.54) is 31.2 Å². The molecule has 1 saturated carbocycles. The highest BCUT2D eigenvalue weighted by atomic mass is 16.3. The molecule has 0 amide bonds. The van der Waals surface area contributed by atoms with Crippen molar-refractivity contribution in [3.05, 3.63) is 102 Å². The van der Waals surface area contributed by atoms with E-state index in [4.69, 9.17) is 16.0 Å². The minimum absolute atomic E-state index is 0.598. The van der Waals surface area contributed by atoms with Gasteiger partial charge in [0.25, 0.3) is 6.33 Å². The summed E-state index contributed by atoms with van der Waals surface area (Å²) in [5.41, 5.74) is 9.79. The molecule has 0 atom stereocenters. The average molecular weight is 495 g/mol. The Morgan fingerprint density at radius 1 is 0.868 bits per heavy atom. The van der Waals surface area contributed by atoms with Gasteiger partial charge in [-0.2, -0.15) is 0 Å². The number of furan rings is 1. The van der Waals surface area contributed by atoms with Crippen molar-refractivity contribution in [2.24, 2.45) is 7.05 Å². The maximum absolute atomic E-state index is 7.83. The Balaban J connectivity index is 1.53. The SMILES string of the molecule is [C-]#[N+]c1ccc2c(oc3c(-c4c5ccc(C6CCCC6)cc5nc[n+]4C)c(C)ccc32)c1-c1ccccc1. The van der Waals surface area contributed by atoms with Gasteiger partial charge in [0.1, 0.15) is 16.9 Å². The highest BCUT2D eigenvalue weighted by Gasteiger charge is 2.25. The van der Waals surface area contributed by atoms with Gasteiger partial charge in [0.2, 0.25) is 0 Å². The molecular formula is C34H28N3O+. The maximum Gasteiger partial charge on any atom is 0.287 e. The number of benzene rings is 4. The zero-order valence-corrected chi connectivity index (χ0v) is 21.7. The van der Waals surface area contributed by atoms with E-state index < -0.39 is 0 Å². The van der Waals surface area contributed by atoms with Crippen molar-refractivity contribution in [1.82, 2.24) is 4.98 Å². The molecule has 7 rings (SSSR count). The molecular weight excluding hydrogens is 466 g/mol. The molecule has 0 unspecified atom stereocenters. The molecule has 184 valence electrons. The molecule has 2 aromatic heterocycles. The molecule has 0 aliphatic heterocycles. The third kappa shape index (κ3) is 3.43. The van der Waals surface area contributed by atoms with Crippen LogP contribution in [0.1, 0.15) is 42.7 Å². The third-order valence-corrected chi connectivity index (χ3v) is 8.24. The molecule has 1 aliphatic rings. The lowest BCUT2D eigenvalue weighted by Crippen LogP contribution is -2.32. The molecule has 1 fully saturated rings. The van der Waals surface area contributed by atoms with E-state index in [-0.39, 0.29) is 0 Å². The van der Waals surface area contributed by atoms with E-state index in [1.54, 1.807) is 0 Å². The Morgan fingerprint density at radius 2 is 1.58 bits per heavy atom. The molecule has 1 aliphatic carbocycles. The van der Waals surface area contributed by atoms with E-state index in [1.807, 2.05) is 48.8 Å². The first-order valence-corrected chi connectivity index (χ1v) is 13.3. The second-order valence-electron chi connectivity index (χ2n) is 10.5. The number of hydrogen-bond acceptors (Lipinski definition) is 2. The van der Waals surface area contributed by atoms with Crippen LogP contribution in [0.25, 0.3) is 60.1 Å². The van der Waals surface area contributed by atoms with Crippen molar-refractivity contribution in [3.8, 4) is 22.4 Å². The molecule has 0 radical (unpaired) electrons. The predicted octanol–water partition coefficient (Wildman–Crippen LogP) is 8.81. The van der Waals surface area contributed by atoms with Gasteiger partial charge in [0.15, 0.2) is 11.2 Å². The lowest BCUT2D eigenvalue weighted by atomic mass is 9.94. The summed E-state index contributed by atoms with van der Waals surface area (Å²) in [7, 11) is 2.06. The van der Waals surface area contributed by atoms with Crippen LogP contribution >= 0.6 is 0 Å². The monoisotopic (exact) mass is 494 g/mol. The number of hydrogen-bond donors (Lipinski definition) is 0. The Bertz CT molecular complexity index is 1900.